The molecule has 0 bridgehead atoms. The molecule has 2 N–H and O–H groups in total. The number of hydrogen-bond acceptors (Lipinski definition) is 3. The number of benzene rings is 1. The molecule has 2 aromatic rings. The number of aryl methyl sites for hydroxylation is 1. The lowest BCUT2D eigenvalue weighted by Crippen LogP contribution is -2.09. The number of nitrogens with two attached hydrogens (primary N) is 1. The third-order valence-electron chi connectivity index (χ3n) is 2.94. The highest BCUT2D eigenvalue weighted by atomic mass is 16.5. The van der Waals surface area contributed by atoms with E-state index in [-0.39, 0.29) is 6.04 Å². The largest absolute Gasteiger partial charge is 0.455 e. The molecule has 0 saturated carbocycles. The summed E-state index contributed by atoms with van der Waals surface area (Å²) in [4.78, 5) is 4.21. The minimum absolute atomic E-state index is 0.00169. The average Bonchev–Trinajstić information content (AvgIpc) is 2.41. The van der Waals surface area contributed by atoms with Gasteiger partial charge in [0.2, 0.25) is 0 Å². The van der Waals surface area contributed by atoms with Crippen molar-refractivity contribution < 1.29 is 4.74 Å². The molecule has 1 aromatic heterocycles. The van der Waals surface area contributed by atoms with E-state index in [1.54, 1.807) is 6.20 Å². The number of para-hydroxylation sites is 1. The number of rotatable bonds is 4. The van der Waals surface area contributed by atoms with Crippen LogP contribution in [0.15, 0.2) is 42.6 Å². The lowest BCUT2D eigenvalue weighted by molar-refractivity contribution is 0.462. The summed E-state index contributed by atoms with van der Waals surface area (Å²) in [6.07, 6.45) is 2.64. The van der Waals surface area contributed by atoms with Gasteiger partial charge in [-0.15, -0.1) is 0 Å². The van der Waals surface area contributed by atoms with E-state index >= 15 is 0 Å². The van der Waals surface area contributed by atoms with Gasteiger partial charge in [0, 0.05) is 17.8 Å². The minimum atomic E-state index is -0.00169. The third-order valence-corrected chi connectivity index (χ3v) is 2.94. The smallest absolute Gasteiger partial charge is 0.148 e. The topological polar surface area (TPSA) is 48.1 Å². The third kappa shape index (κ3) is 2.68. The Morgan fingerprint density at radius 1 is 1.17 bits per heavy atom. The van der Waals surface area contributed by atoms with Gasteiger partial charge in [0.05, 0.1) is 5.69 Å². The first-order chi connectivity index (χ1) is 8.72. The molecular formula is C15H18N2O. The first-order valence-electron chi connectivity index (χ1n) is 6.16. The molecule has 0 aliphatic heterocycles. The van der Waals surface area contributed by atoms with Crippen LogP contribution in [0.5, 0.6) is 11.5 Å². The molecule has 1 heterocycles. The summed E-state index contributed by atoms with van der Waals surface area (Å²) in [6, 6.07) is 11.7. The van der Waals surface area contributed by atoms with Crippen LogP contribution in [0.2, 0.25) is 0 Å². The number of ether oxygens (including phenoxy) is 1. The van der Waals surface area contributed by atoms with Gasteiger partial charge < -0.3 is 10.5 Å². The van der Waals surface area contributed by atoms with E-state index in [1.165, 1.54) is 0 Å². The van der Waals surface area contributed by atoms with Gasteiger partial charge in [0.1, 0.15) is 11.5 Å². The van der Waals surface area contributed by atoms with Gasteiger partial charge in [0.15, 0.2) is 0 Å². The lowest BCUT2D eigenvalue weighted by atomic mass is 10.0. The molecule has 0 saturated heterocycles. The van der Waals surface area contributed by atoms with Crippen molar-refractivity contribution in [1.29, 1.82) is 0 Å². The maximum absolute atomic E-state index is 6.09. The van der Waals surface area contributed by atoms with E-state index < -0.39 is 0 Å². The van der Waals surface area contributed by atoms with E-state index in [2.05, 4.69) is 11.9 Å². The highest BCUT2D eigenvalue weighted by molar-refractivity contribution is 5.40. The molecule has 3 heteroatoms. The molecule has 0 unspecified atom stereocenters. The average molecular weight is 242 g/mol. The van der Waals surface area contributed by atoms with Gasteiger partial charge in [-0.25, -0.2) is 0 Å². The summed E-state index contributed by atoms with van der Waals surface area (Å²) in [7, 11) is 0. The zero-order valence-electron chi connectivity index (χ0n) is 10.8. The summed E-state index contributed by atoms with van der Waals surface area (Å²) >= 11 is 0. The van der Waals surface area contributed by atoms with Gasteiger partial charge in [-0.1, -0.05) is 25.1 Å². The van der Waals surface area contributed by atoms with Crippen molar-refractivity contribution in [1.82, 2.24) is 4.98 Å². The maximum atomic E-state index is 6.09. The van der Waals surface area contributed by atoms with Crippen molar-refractivity contribution in [3.8, 4) is 11.5 Å². The summed E-state index contributed by atoms with van der Waals surface area (Å²) in [6.45, 7) is 3.99. The Morgan fingerprint density at radius 3 is 2.61 bits per heavy atom. The fourth-order valence-corrected chi connectivity index (χ4v) is 1.80. The second kappa shape index (κ2) is 5.65. The van der Waals surface area contributed by atoms with Crippen LogP contribution in [-0.4, -0.2) is 4.98 Å². The van der Waals surface area contributed by atoms with Crippen molar-refractivity contribution in [3.63, 3.8) is 0 Å². The summed E-state index contributed by atoms with van der Waals surface area (Å²) < 4.78 is 5.92. The lowest BCUT2D eigenvalue weighted by Gasteiger charge is -2.16. The first kappa shape index (κ1) is 12.6. The van der Waals surface area contributed by atoms with Crippen molar-refractivity contribution in [2.75, 3.05) is 0 Å². The van der Waals surface area contributed by atoms with Crippen molar-refractivity contribution in [2.24, 2.45) is 5.73 Å². The highest BCUT2D eigenvalue weighted by Gasteiger charge is 2.11. The van der Waals surface area contributed by atoms with Gasteiger partial charge in [-0.3, -0.25) is 4.98 Å². The number of pyridine rings is 1. The van der Waals surface area contributed by atoms with Crippen LogP contribution in [-0.2, 0) is 0 Å². The summed E-state index contributed by atoms with van der Waals surface area (Å²) in [5, 5.41) is 0. The molecule has 0 aliphatic carbocycles. The molecular weight excluding hydrogens is 224 g/mol. The standard InChI is InChI=1S/C15H18N2O/c1-3-13(16)12-7-4-5-8-15(12)18-14-9-6-10-17-11(14)2/h4-10,13H,3,16H2,1-2H3/t13-/m0/s1. The van der Waals surface area contributed by atoms with Crippen molar-refractivity contribution in [2.45, 2.75) is 26.3 Å². The van der Waals surface area contributed by atoms with Crippen LogP contribution in [0.1, 0.15) is 30.6 Å². The van der Waals surface area contributed by atoms with Crippen molar-refractivity contribution in [3.05, 3.63) is 53.9 Å². The Hall–Kier alpha value is -1.87. The Kier molecular flexibility index (Phi) is 3.95. The normalized spacial score (nSPS) is 12.2. The molecule has 1 aromatic carbocycles. The number of nitrogens with zero attached hydrogens (tertiary/aromatic N) is 1. The highest BCUT2D eigenvalue weighted by Crippen LogP contribution is 2.30. The predicted molar refractivity (Wildman–Crippen MR) is 72.7 cm³/mol. The Morgan fingerprint density at radius 2 is 1.89 bits per heavy atom. The van der Waals surface area contributed by atoms with Gasteiger partial charge in [-0.2, -0.15) is 0 Å². The second-order valence-electron chi connectivity index (χ2n) is 4.24. The molecule has 94 valence electrons. The SMILES string of the molecule is CC[C@H](N)c1ccccc1Oc1cccnc1C. The Balaban J connectivity index is 2.32. The quantitative estimate of drug-likeness (QED) is 0.891. The zero-order chi connectivity index (χ0) is 13.0. The monoisotopic (exact) mass is 242 g/mol. The molecule has 0 fully saturated rings. The van der Waals surface area contributed by atoms with E-state index in [1.807, 2.05) is 43.3 Å². The van der Waals surface area contributed by atoms with Crippen LogP contribution < -0.4 is 10.5 Å². The van der Waals surface area contributed by atoms with E-state index in [0.717, 1.165) is 29.2 Å². The first-order valence-corrected chi connectivity index (χ1v) is 6.16. The Labute approximate surface area is 108 Å². The van der Waals surface area contributed by atoms with Gasteiger partial charge in [-0.05, 0) is 31.5 Å². The minimum Gasteiger partial charge on any atom is -0.455 e. The molecule has 0 amide bonds. The molecule has 0 radical (unpaired) electrons. The van der Waals surface area contributed by atoms with Gasteiger partial charge in [0.25, 0.3) is 0 Å². The second-order valence-corrected chi connectivity index (χ2v) is 4.24. The number of aromatic nitrogens is 1. The fourth-order valence-electron chi connectivity index (χ4n) is 1.80. The fraction of sp³-hybridized carbons (Fsp3) is 0.267. The summed E-state index contributed by atoms with van der Waals surface area (Å²) in [5.74, 6) is 1.58. The van der Waals surface area contributed by atoms with Crippen LogP contribution in [0.4, 0.5) is 0 Å². The number of hydrogen-bond donors (Lipinski definition) is 1. The molecule has 3 nitrogen and oxygen atoms in total. The Bertz CT molecular complexity index is 525. The van der Waals surface area contributed by atoms with Crippen LogP contribution in [0.3, 0.4) is 0 Å². The molecule has 0 spiro atoms. The summed E-state index contributed by atoms with van der Waals surface area (Å²) in [5.41, 5.74) is 7.99. The predicted octanol–water partition coefficient (Wildman–Crippen LogP) is 3.59. The molecule has 2 rings (SSSR count). The van der Waals surface area contributed by atoms with Crippen LogP contribution in [0, 0.1) is 6.92 Å². The molecule has 0 aliphatic rings. The van der Waals surface area contributed by atoms with Gasteiger partial charge >= 0.3 is 0 Å². The van der Waals surface area contributed by atoms with E-state index in [0.29, 0.717) is 0 Å². The van der Waals surface area contributed by atoms with Crippen LogP contribution >= 0.6 is 0 Å². The zero-order valence-corrected chi connectivity index (χ0v) is 10.8. The van der Waals surface area contributed by atoms with E-state index in [4.69, 9.17) is 10.5 Å². The maximum Gasteiger partial charge on any atom is 0.148 e. The molecule has 1 atom stereocenters. The van der Waals surface area contributed by atoms with Crippen LogP contribution in [0.25, 0.3) is 0 Å². The van der Waals surface area contributed by atoms with Crippen molar-refractivity contribution >= 4 is 0 Å². The van der Waals surface area contributed by atoms with E-state index in [9.17, 15) is 0 Å². The molecule has 18 heavy (non-hydrogen) atoms.